The van der Waals surface area contributed by atoms with Crippen LogP contribution in [0.25, 0.3) is 55.1 Å². The van der Waals surface area contributed by atoms with Crippen molar-refractivity contribution >= 4 is 43.6 Å². The monoisotopic (exact) mass is 409 g/mol. The van der Waals surface area contributed by atoms with Gasteiger partial charge in [0.15, 0.2) is 0 Å². The molecule has 0 aliphatic carbocycles. The summed E-state index contributed by atoms with van der Waals surface area (Å²) in [6.45, 7) is 0. The smallest absolute Gasteiger partial charge is 0.137 e. The third kappa shape index (κ3) is 2.33. The number of benzene rings is 4. The predicted molar refractivity (Wildman–Crippen MR) is 133 cm³/mol. The van der Waals surface area contributed by atoms with Gasteiger partial charge in [-0.1, -0.05) is 60.7 Å². The summed E-state index contributed by atoms with van der Waals surface area (Å²) in [4.78, 5) is 4.68. The molecule has 0 bridgehead atoms. The quantitative estimate of drug-likeness (QED) is 0.294. The Hall–Kier alpha value is -4.37. The van der Waals surface area contributed by atoms with Crippen LogP contribution in [-0.4, -0.2) is 14.1 Å². The van der Waals surface area contributed by atoms with E-state index in [1.54, 1.807) is 0 Å². The van der Waals surface area contributed by atoms with Gasteiger partial charge in [0.1, 0.15) is 5.82 Å². The molecular formula is C29H19N3. The maximum atomic E-state index is 4.68. The van der Waals surface area contributed by atoms with Crippen LogP contribution in [0.5, 0.6) is 0 Å². The highest BCUT2D eigenvalue weighted by atomic mass is 15.1. The first kappa shape index (κ1) is 17.3. The number of pyridine rings is 1. The van der Waals surface area contributed by atoms with Crippen LogP contribution in [-0.2, 0) is 0 Å². The summed E-state index contributed by atoms with van der Waals surface area (Å²) in [6, 6.07) is 38.6. The van der Waals surface area contributed by atoms with Crippen molar-refractivity contribution in [3.63, 3.8) is 0 Å². The number of hydrogen-bond donors (Lipinski definition) is 0. The van der Waals surface area contributed by atoms with Crippen molar-refractivity contribution in [3.8, 4) is 11.5 Å². The zero-order valence-corrected chi connectivity index (χ0v) is 17.3. The molecule has 7 rings (SSSR count). The summed E-state index contributed by atoms with van der Waals surface area (Å²) in [7, 11) is 0. The molecule has 3 heterocycles. The van der Waals surface area contributed by atoms with Crippen LogP contribution in [0.3, 0.4) is 0 Å². The molecule has 3 heteroatoms. The summed E-state index contributed by atoms with van der Waals surface area (Å²) in [5.41, 5.74) is 5.92. The lowest BCUT2D eigenvalue weighted by Gasteiger charge is -2.09. The first-order chi connectivity index (χ1) is 15.9. The summed E-state index contributed by atoms with van der Waals surface area (Å²) in [5.74, 6) is 0.931. The van der Waals surface area contributed by atoms with Crippen LogP contribution in [0.1, 0.15) is 0 Å². The Morgan fingerprint density at radius 1 is 0.438 bits per heavy atom. The molecule has 0 spiro atoms. The van der Waals surface area contributed by atoms with Crippen molar-refractivity contribution < 1.29 is 0 Å². The highest BCUT2D eigenvalue weighted by Crippen LogP contribution is 2.39. The number of para-hydroxylation sites is 3. The predicted octanol–water partition coefficient (Wildman–Crippen LogP) is 7.28. The van der Waals surface area contributed by atoms with E-state index < -0.39 is 0 Å². The third-order valence-corrected chi connectivity index (χ3v) is 6.36. The first-order valence-electron chi connectivity index (χ1n) is 10.8. The molecule has 150 valence electrons. The van der Waals surface area contributed by atoms with Gasteiger partial charge in [-0.3, -0.25) is 4.57 Å². The van der Waals surface area contributed by atoms with Crippen LogP contribution >= 0.6 is 0 Å². The molecule has 3 aromatic heterocycles. The number of aromatic nitrogens is 3. The normalized spacial score (nSPS) is 11.8. The van der Waals surface area contributed by atoms with Crippen LogP contribution < -0.4 is 0 Å². The molecule has 0 fully saturated rings. The lowest BCUT2D eigenvalue weighted by atomic mass is 10.1. The molecule has 0 aliphatic rings. The SMILES string of the molecule is c1ccc(-n2c3ccccc3c3cc4c5ccccc5n(-c5ccccn5)c4cc32)cc1. The Morgan fingerprint density at radius 2 is 1.03 bits per heavy atom. The van der Waals surface area contributed by atoms with Crippen molar-refractivity contribution in [1.82, 2.24) is 14.1 Å². The summed E-state index contributed by atoms with van der Waals surface area (Å²) >= 11 is 0. The Balaban J connectivity index is 1.71. The van der Waals surface area contributed by atoms with Gasteiger partial charge in [0.25, 0.3) is 0 Å². The number of fused-ring (bicyclic) bond motifs is 6. The Kier molecular flexibility index (Phi) is 3.55. The molecule has 7 aromatic rings. The van der Waals surface area contributed by atoms with Crippen molar-refractivity contribution in [2.45, 2.75) is 0 Å². The third-order valence-electron chi connectivity index (χ3n) is 6.36. The van der Waals surface area contributed by atoms with E-state index in [2.05, 4.69) is 111 Å². The maximum Gasteiger partial charge on any atom is 0.137 e. The van der Waals surface area contributed by atoms with E-state index in [0.29, 0.717) is 0 Å². The molecule has 32 heavy (non-hydrogen) atoms. The molecule has 0 atom stereocenters. The van der Waals surface area contributed by atoms with Crippen LogP contribution in [0.4, 0.5) is 0 Å². The average molecular weight is 409 g/mol. The fourth-order valence-corrected chi connectivity index (χ4v) is 5.02. The minimum Gasteiger partial charge on any atom is -0.309 e. The lowest BCUT2D eigenvalue weighted by molar-refractivity contribution is 1.08. The molecule has 4 aromatic carbocycles. The Labute approximate surface area is 184 Å². The zero-order valence-electron chi connectivity index (χ0n) is 17.3. The molecule has 0 amide bonds. The van der Waals surface area contributed by atoms with Gasteiger partial charge < -0.3 is 4.57 Å². The van der Waals surface area contributed by atoms with Crippen molar-refractivity contribution in [3.05, 3.63) is 115 Å². The second-order valence-corrected chi connectivity index (χ2v) is 8.12. The molecule has 0 saturated carbocycles. The zero-order chi connectivity index (χ0) is 21.1. The first-order valence-corrected chi connectivity index (χ1v) is 10.8. The average Bonchev–Trinajstić information content (AvgIpc) is 3.36. The minimum absolute atomic E-state index is 0.931. The molecule has 3 nitrogen and oxygen atoms in total. The molecule has 0 unspecified atom stereocenters. The van der Waals surface area contributed by atoms with Gasteiger partial charge in [-0.05, 0) is 48.5 Å². The van der Waals surface area contributed by atoms with Gasteiger partial charge >= 0.3 is 0 Å². The second kappa shape index (κ2) is 6.56. The number of rotatable bonds is 2. The lowest BCUT2D eigenvalue weighted by Crippen LogP contribution is -1.97. The molecule has 0 radical (unpaired) electrons. The standard InChI is InChI=1S/C29H19N3/c1-2-10-20(11-3-1)31-25-14-6-4-12-21(25)23-18-24-22-13-5-7-15-26(22)32(28(24)19-27(23)31)29-16-8-9-17-30-29/h1-19H. The van der Waals surface area contributed by atoms with E-state index in [-0.39, 0.29) is 0 Å². The Morgan fingerprint density at radius 3 is 1.72 bits per heavy atom. The molecule has 0 saturated heterocycles. The van der Waals surface area contributed by atoms with E-state index in [0.717, 1.165) is 11.3 Å². The van der Waals surface area contributed by atoms with E-state index in [4.69, 9.17) is 0 Å². The van der Waals surface area contributed by atoms with Crippen LogP contribution in [0.15, 0.2) is 115 Å². The second-order valence-electron chi connectivity index (χ2n) is 8.12. The molecule has 0 aliphatic heterocycles. The number of hydrogen-bond acceptors (Lipinski definition) is 1. The summed E-state index contributed by atoms with van der Waals surface area (Å²) in [5, 5.41) is 5.02. The van der Waals surface area contributed by atoms with Gasteiger partial charge in [-0.15, -0.1) is 0 Å². The summed E-state index contributed by atoms with van der Waals surface area (Å²) in [6.07, 6.45) is 1.86. The van der Waals surface area contributed by atoms with E-state index in [9.17, 15) is 0 Å². The van der Waals surface area contributed by atoms with Crippen molar-refractivity contribution in [1.29, 1.82) is 0 Å². The van der Waals surface area contributed by atoms with Gasteiger partial charge in [0.05, 0.1) is 22.1 Å². The minimum atomic E-state index is 0.931. The Bertz CT molecular complexity index is 1630. The highest BCUT2D eigenvalue weighted by Gasteiger charge is 2.18. The molecular weight excluding hydrogens is 390 g/mol. The van der Waals surface area contributed by atoms with Crippen LogP contribution in [0.2, 0.25) is 0 Å². The summed E-state index contributed by atoms with van der Waals surface area (Å²) < 4.78 is 4.64. The van der Waals surface area contributed by atoms with Gasteiger partial charge in [-0.2, -0.15) is 0 Å². The number of nitrogens with zero attached hydrogens (tertiary/aromatic N) is 3. The van der Waals surface area contributed by atoms with Gasteiger partial charge in [-0.25, -0.2) is 4.98 Å². The largest absolute Gasteiger partial charge is 0.309 e. The highest BCUT2D eigenvalue weighted by molar-refractivity contribution is 6.19. The van der Waals surface area contributed by atoms with Crippen LogP contribution in [0, 0.1) is 0 Å². The van der Waals surface area contributed by atoms with Crippen molar-refractivity contribution in [2.24, 2.45) is 0 Å². The van der Waals surface area contributed by atoms with E-state index in [1.807, 2.05) is 18.3 Å². The fraction of sp³-hybridized carbons (Fsp3) is 0. The maximum absolute atomic E-state index is 4.68. The van der Waals surface area contributed by atoms with E-state index in [1.165, 1.54) is 43.8 Å². The molecule has 0 N–H and O–H groups in total. The van der Waals surface area contributed by atoms with Crippen molar-refractivity contribution in [2.75, 3.05) is 0 Å². The topological polar surface area (TPSA) is 22.8 Å². The van der Waals surface area contributed by atoms with E-state index >= 15 is 0 Å². The fourth-order valence-electron chi connectivity index (χ4n) is 5.02. The van der Waals surface area contributed by atoms with Gasteiger partial charge in [0, 0.05) is 33.4 Å². The van der Waals surface area contributed by atoms with Gasteiger partial charge in [0.2, 0.25) is 0 Å².